The van der Waals surface area contributed by atoms with Crippen molar-refractivity contribution >= 4 is 5.95 Å². The Morgan fingerprint density at radius 3 is 2.61 bits per heavy atom. The van der Waals surface area contributed by atoms with Crippen LogP contribution in [0.25, 0.3) is 5.95 Å². The van der Waals surface area contributed by atoms with Crippen molar-refractivity contribution in [2.45, 2.75) is 19.8 Å². The van der Waals surface area contributed by atoms with Crippen molar-refractivity contribution in [2.24, 2.45) is 0 Å². The summed E-state index contributed by atoms with van der Waals surface area (Å²) >= 11 is 0. The number of nitrogens with one attached hydrogen (secondary N) is 1. The van der Waals surface area contributed by atoms with Crippen LogP contribution in [0.15, 0.2) is 12.3 Å². The van der Waals surface area contributed by atoms with E-state index in [4.69, 9.17) is 4.74 Å². The number of ether oxygens (including phenoxy) is 1. The number of hydrogen-bond donors (Lipinski definition) is 1. The minimum Gasteiger partial charge on any atom is -0.467 e. The van der Waals surface area contributed by atoms with E-state index in [2.05, 4.69) is 39.2 Å². The standard InChI is InChI=1S/C11H16N6O/c1-7(2)8-5-6-17(16-8)10-13-9(12-3)14-11(15-10)18-4/h5-7H,1-4H3,(H,12,13,14,15). The molecule has 2 heterocycles. The van der Waals surface area contributed by atoms with Crippen LogP contribution in [0.5, 0.6) is 6.01 Å². The lowest BCUT2D eigenvalue weighted by Crippen LogP contribution is -2.08. The zero-order chi connectivity index (χ0) is 13.1. The van der Waals surface area contributed by atoms with Gasteiger partial charge in [0.15, 0.2) is 0 Å². The summed E-state index contributed by atoms with van der Waals surface area (Å²) < 4.78 is 6.64. The number of nitrogens with zero attached hydrogens (tertiary/aromatic N) is 5. The third kappa shape index (κ3) is 2.39. The number of hydrogen-bond acceptors (Lipinski definition) is 6. The predicted octanol–water partition coefficient (Wildman–Crippen LogP) is 1.23. The zero-order valence-electron chi connectivity index (χ0n) is 10.9. The summed E-state index contributed by atoms with van der Waals surface area (Å²) in [5, 5.41) is 7.27. The van der Waals surface area contributed by atoms with Crippen molar-refractivity contribution in [2.75, 3.05) is 19.5 Å². The molecule has 0 aliphatic rings. The van der Waals surface area contributed by atoms with Crippen LogP contribution < -0.4 is 10.1 Å². The molecule has 0 aromatic carbocycles. The van der Waals surface area contributed by atoms with E-state index in [9.17, 15) is 0 Å². The molecule has 0 unspecified atom stereocenters. The Balaban J connectivity index is 2.42. The summed E-state index contributed by atoms with van der Waals surface area (Å²) in [4.78, 5) is 12.4. The molecule has 2 aromatic heterocycles. The van der Waals surface area contributed by atoms with Gasteiger partial charge >= 0.3 is 6.01 Å². The third-order valence-electron chi connectivity index (χ3n) is 2.42. The lowest BCUT2D eigenvalue weighted by Gasteiger charge is -2.05. The average Bonchev–Trinajstić information content (AvgIpc) is 2.87. The lowest BCUT2D eigenvalue weighted by atomic mass is 10.1. The molecule has 0 aliphatic carbocycles. The second-order valence-electron chi connectivity index (χ2n) is 4.04. The van der Waals surface area contributed by atoms with Crippen molar-refractivity contribution in [3.05, 3.63) is 18.0 Å². The molecule has 2 aromatic rings. The van der Waals surface area contributed by atoms with Gasteiger partial charge in [-0.1, -0.05) is 13.8 Å². The summed E-state index contributed by atoms with van der Waals surface area (Å²) in [5.74, 6) is 1.23. The van der Waals surface area contributed by atoms with E-state index in [1.165, 1.54) is 7.11 Å². The van der Waals surface area contributed by atoms with Gasteiger partial charge in [-0.3, -0.25) is 0 Å². The molecule has 0 atom stereocenters. The maximum Gasteiger partial charge on any atom is 0.322 e. The van der Waals surface area contributed by atoms with E-state index in [1.807, 2.05) is 12.3 Å². The third-order valence-corrected chi connectivity index (χ3v) is 2.42. The summed E-state index contributed by atoms with van der Waals surface area (Å²) in [7, 11) is 3.25. The highest BCUT2D eigenvalue weighted by molar-refractivity contribution is 5.29. The molecular weight excluding hydrogens is 232 g/mol. The van der Waals surface area contributed by atoms with Crippen LogP contribution in [0.3, 0.4) is 0 Å². The van der Waals surface area contributed by atoms with Crippen molar-refractivity contribution < 1.29 is 4.74 Å². The first-order chi connectivity index (χ1) is 8.63. The van der Waals surface area contributed by atoms with E-state index >= 15 is 0 Å². The van der Waals surface area contributed by atoms with Crippen molar-refractivity contribution in [3.8, 4) is 12.0 Å². The van der Waals surface area contributed by atoms with Crippen LogP contribution in [0.2, 0.25) is 0 Å². The molecule has 0 bridgehead atoms. The van der Waals surface area contributed by atoms with Gasteiger partial charge in [-0.15, -0.1) is 0 Å². The zero-order valence-corrected chi connectivity index (χ0v) is 10.9. The van der Waals surface area contributed by atoms with Gasteiger partial charge in [-0.05, 0) is 12.0 Å². The quantitative estimate of drug-likeness (QED) is 0.876. The van der Waals surface area contributed by atoms with E-state index in [1.54, 1.807) is 11.7 Å². The van der Waals surface area contributed by atoms with Gasteiger partial charge in [0.1, 0.15) is 0 Å². The lowest BCUT2D eigenvalue weighted by molar-refractivity contribution is 0.377. The van der Waals surface area contributed by atoms with Gasteiger partial charge < -0.3 is 10.1 Å². The molecule has 1 N–H and O–H groups in total. The Labute approximate surface area is 105 Å². The van der Waals surface area contributed by atoms with Crippen LogP contribution in [0.4, 0.5) is 5.95 Å². The molecule has 18 heavy (non-hydrogen) atoms. The Morgan fingerprint density at radius 2 is 2.06 bits per heavy atom. The molecule has 0 saturated heterocycles. The van der Waals surface area contributed by atoms with E-state index in [0.29, 0.717) is 17.8 Å². The Hall–Kier alpha value is -2.18. The number of aromatic nitrogens is 5. The van der Waals surface area contributed by atoms with Gasteiger partial charge in [-0.2, -0.15) is 20.1 Å². The van der Waals surface area contributed by atoms with Crippen LogP contribution >= 0.6 is 0 Å². The van der Waals surface area contributed by atoms with Crippen molar-refractivity contribution in [1.29, 1.82) is 0 Å². The summed E-state index contributed by atoms with van der Waals surface area (Å²) in [6, 6.07) is 2.20. The topological polar surface area (TPSA) is 77.8 Å². The highest BCUT2D eigenvalue weighted by atomic mass is 16.5. The fourth-order valence-electron chi connectivity index (χ4n) is 1.41. The van der Waals surface area contributed by atoms with Crippen LogP contribution in [0.1, 0.15) is 25.5 Å². The number of anilines is 1. The van der Waals surface area contributed by atoms with Gasteiger partial charge in [-0.25, -0.2) is 4.68 Å². The van der Waals surface area contributed by atoms with E-state index in [0.717, 1.165) is 5.69 Å². The van der Waals surface area contributed by atoms with Gasteiger partial charge in [0.25, 0.3) is 5.95 Å². The Morgan fingerprint density at radius 1 is 1.28 bits per heavy atom. The number of rotatable bonds is 4. The molecule has 0 aliphatic heterocycles. The van der Waals surface area contributed by atoms with Gasteiger partial charge in [0, 0.05) is 13.2 Å². The minimum absolute atomic E-state index is 0.256. The van der Waals surface area contributed by atoms with Crippen LogP contribution in [-0.2, 0) is 0 Å². The summed E-state index contributed by atoms with van der Waals surface area (Å²) in [6.45, 7) is 4.17. The van der Waals surface area contributed by atoms with Crippen molar-refractivity contribution in [1.82, 2.24) is 24.7 Å². The van der Waals surface area contributed by atoms with Crippen molar-refractivity contribution in [3.63, 3.8) is 0 Å². The molecule has 0 radical (unpaired) electrons. The molecule has 0 amide bonds. The normalized spacial score (nSPS) is 10.7. The first-order valence-corrected chi connectivity index (χ1v) is 5.67. The molecule has 0 fully saturated rings. The highest BCUT2D eigenvalue weighted by Crippen LogP contribution is 2.14. The first-order valence-electron chi connectivity index (χ1n) is 5.67. The predicted molar refractivity (Wildman–Crippen MR) is 67.1 cm³/mol. The minimum atomic E-state index is 0.256. The highest BCUT2D eigenvalue weighted by Gasteiger charge is 2.10. The second-order valence-corrected chi connectivity index (χ2v) is 4.04. The van der Waals surface area contributed by atoms with Crippen LogP contribution in [-0.4, -0.2) is 38.9 Å². The molecule has 0 spiro atoms. The van der Waals surface area contributed by atoms with Gasteiger partial charge in [0.2, 0.25) is 5.95 Å². The SMILES string of the molecule is CNc1nc(OC)nc(-n2ccc(C(C)C)n2)n1. The Bertz CT molecular complexity index is 514. The average molecular weight is 248 g/mol. The van der Waals surface area contributed by atoms with E-state index < -0.39 is 0 Å². The van der Waals surface area contributed by atoms with E-state index in [-0.39, 0.29) is 6.01 Å². The first kappa shape index (κ1) is 12.3. The molecule has 7 heteroatoms. The van der Waals surface area contributed by atoms with Gasteiger partial charge in [0.05, 0.1) is 12.8 Å². The fraction of sp³-hybridized carbons (Fsp3) is 0.455. The second kappa shape index (κ2) is 4.99. The van der Waals surface area contributed by atoms with Crippen LogP contribution in [0, 0.1) is 0 Å². The fourth-order valence-corrected chi connectivity index (χ4v) is 1.41. The monoisotopic (exact) mass is 248 g/mol. The molecule has 7 nitrogen and oxygen atoms in total. The summed E-state index contributed by atoms with van der Waals surface area (Å²) in [6.07, 6.45) is 1.82. The largest absolute Gasteiger partial charge is 0.467 e. The molecule has 0 saturated carbocycles. The number of methoxy groups -OCH3 is 1. The Kier molecular flexibility index (Phi) is 3.40. The smallest absolute Gasteiger partial charge is 0.322 e. The maximum absolute atomic E-state index is 5.03. The molecule has 96 valence electrons. The maximum atomic E-state index is 5.03. The molecule has 2 rings (SSSR count). The summed E-state index contributed by atoms with van der Waals surface area (Å²) in [5.41, 5.74) is 0.986. The molecular formula is C11H16N6O.